The second kappa shape index (κ2) is 15.7. The van der Waals surface area contributed by atoms with Crippen molar-refractivity contribution >= 4 is 5.78 Å². The van der Waals surface area contributed by atoms with Gasteiger partial charge in [-0.2, -0.15) is 0 Å². The number of hydrogen-bond donors (Lipinski definition) is 0. The predicted molar refractivity (Wildman–Crippen MR) is 110 cm³/mol. The van der Waals surface area contributed by atoms with Crippen LogP contribution in [0.5, 0.6) is 5.75 Å². The maximum absolute atomic E-state index is 12.0. The summed E-state index contributed by atoms with van der Waals surface area (Å²) in [5.74, 6) is 0.116. The normalized spacial score (nSPS) is 11.3. The van der Waals surface area contributed by atoms with Gasteiger partial charge >= 0.3 is 0 Å². The van der Waals surface area contributed by atoms with Gasteiger partial charge in [-0.25, -0.2) is 0 Å². The zero-order valence-electron chi connectivity index (χ0n) is 16.7. The quantitative estimate of drug-likeness (QED) is 0.167. The Morgan fingerprint density at radius 2 is 1.23 bits per heavy atom. The summed E-state index contributed by atoms with van der Waals surface area (Å²) in [6, 6.07) is 6.21. The summed E-state index contributed by atoms with van der Waals surface area (Å²) in [5.41, 5.74) is 0.667. The van der Waals surface area contributed by atoms with Crippen molar-refractivity contribution in [3.05, 3.63) is 42.0 Å². The Hall–Kier alpha value is -1.57. The molecule has 0 aliphatic rings. The third-order valence-corrected chi connectivity index (χ3v) is 4.84. The van der Waals surface area contributed by atoms with Crippen molar-refractivity contribution < 1.29 is 9.90 Å². The van der Waals surface area contributed by atoms with Crippen molar-refractivity contribution in [3.63, 3.8) is 0 Å². The molecule has 0 unspecified atom stereocenters. The molecular weight excluding hydrogens is 320 g/mol. The Bertz CT molecular complexity index is 487. The summed E-state index contributed by atoms with van der Waals surface area (Å²) in [5, 5.41) is 11.0. The van der Waals surface area contributed by atoms with E-state index in [0.717, 1.165) is 12.8 Å². The van der Waals surface area contributed by atoms with Crippen LogP contribution in [0.25, 0.3) is 0 Å². The first-order valence-corrected chi connectivity index (χ1v) is 10.7. The molecule has 2 heteroatoms. The van der Waals surface area contributed by atoms with E-state index in [4.69, 9.17) is 0 Å². The van der Waals surface area contributed by atoms with Gasteiger partial charge in [0, 0.05) is 12.0 Å². The molecule has 0 spiro atoms. The van der Waals surface area contributed by atoms with Crippen LogP contribution in [0.4, 0.5) is 0 Å². The number of Topliss-reactive ketones (excluding diaryl/α,β-unsaturated/α-hetero) is 1. The Balaban J connectivity index is 1.88. The highest BCUT2D eigenvalue weighted by molar-refractivity contribution is 5.96. The molecule has 0 heterocycles. The molecule has 1 aromatic rings. The Morgan fingerprint density at radius 3 is 1.81 bits per heavy atom. The number of rotatable bonds is 16. The number of allylic oxidation sites excluding steroid dienone is 2. The van der Waals surface area contributed by atoms with Gasteiger partial charge < -0.3 is 0 Å². The predicted octanol–water partition coefficient (Wildman–Crippen LogP) is 8.05. The van der Waals surface area contributed by atoms with E-state index in [2.05, 4.69) is 19.1 Å². The van der Waals surface area contributed by atoms with Crippen molar-refractivity contribution in [2.45, 2.75) is 96.8 Å². The standard InChI is InChI=1S/C24H37O2/c1-2-3-4-5-6-7-8-9-10-11-12-13-14-15-16-17-24(26)22-18-20-23(25)21-19-22/h9-10,18-21H,2-8,11-17H2,1H3/b10-9-. The van der Waals surface area contributed by atoms with Gasteiger partial charge in [-0.05, 0) is 56.4 Å². The second-order valence-corrected chi connectivity index (χ2v) is 7.28. The molecule has 0 aromatic heterocycles. The molecule has 26 heavy (non-hydrogen) atoms. The van der Waals surface area contributed by atoms with E-state index in [0.29, 0.717) is 12.0 Å². The van der Waals surface area contributed by atoms with Crippen LogP contribution >= 0.6 is 0 Å². The van der Waals surface area contributed by atoms with Gasteiger partial charge in [0.15, 0.2) is 11.5 Å². The fraction of sp³-hybridized carbons (Fsp3) is 0.625. The van der Waals surface area contributed by atoms with E-state index in [1.165, 1.54) is 82.8 Å². The molecule has 0 N–H and O–H groups in total. The summed E-state index contributed by atoms with van der Waals surface area (Å²) < 4.78 is 0. The van der Waals surface area contributed by atoms with Crippen molar-refractivity contribution in [3.8, 4) is 5.75 Å². The minimum absolute atomic E-state index is 0.0393. The van der Waals surface area contributed by atoms with Gasteiger partial charge in [-0.15, -0.1) is 0 Å². The van der Waals surface area contributed by atoms with Gasteiger partial charge in [-0.3, -0.25) is 9.90 Å². The monoisotopic (exact) mass is 357 g/mol. The zero-order valence-corrected chi connectivity index (χ0v) is 16.7. The first kappa shape index (κ1) is 22.5. The van der Waals surface area contributed by atoms with Crippen molar-refractivity contribution in [1.82, 2.24) is 0 Å². The van der Waals surface area contributed by atoms with E-state index in [9.17, 15) is 9.90 Å². The van der Waals surface area contributed by atoms with Crippen LogP contribution in [0, 0.1) is 0 Å². The lowest BCUT2D eigenvalue weighted by molar-refractivity contribution is 0.0979. The maximum atomic E-state index is 12.0. The Morgan fingerprint density at radius 1 is 0.731 bits per heavy atom. The molecule has 0 fully saturated rings. The van der Waals surface area contributed by atoms with Gasteiger partial charge in [0.2, 0.25) is 0 Å². The van der Waals surface area contributed by atoms with E-state index in [-0.39, 0.29) is 11.5 Å². The number of carbonyl (C=O) groups is 1. The SMILES string of the molecule is CCCCCCCC/C=C\CCCCCCCC(=O)c1ccc([O])cc1. The number of unbranched alkanes of at least 4 members (excludes halogenated alkanes) is 11. The van der Waals surface area contributed by atoms with Crippen LogP contribution in [0.1, 0.15) is 107 Å². The molecule has 0 aliphatic heterocycles. The average molecular weight is 358 g/mol. The molecule has 1 aromatic carbocycles. The number of carbonyl (C=O) groups excluding carboxylic acids is 1. The summed E-state index contributed by atoms with van der Waals surface area (Å²) in [4.78, 5) is 12.0. The molecule has 0 amide bonds. The van der Waals surface area contributed by atoms with Crippen LogP contribution in [0.3, 0.4) is 0 Å². The third kappa shape index (κ3) is 11.9. The van der Waals surface area contributed by atoms with E-state index < -0.39 is 0 Å². The Labute approximate surface area is 160 Å². The van der Waals surface area contributed by atoms with Gasteiger partial charge in [0.1, 0.15) is 0 Å². The molecule has 0 aliphatic carbocycles. The fourth-order valence-electron chi connectivity index (χ4n) is 3.14. The van der Waals surface area contributed by atoms with Crippen molar-refractivity contribution in [2.24, 2.45) is 0 Å². The lowest BCUT2D eigenvalue weighted by atomic mass is 10.0. The topological polar surface area (TPSA) is 37.0 Å². The van der Waals surface area contributed by atoms with Crippen LogP contribution in [-0.4, -0.2) is 5.78 Å². The summed E-state index contributed by atoms with van der Waals surface area (Å²) in [7, 11) is 0. The van der Waals surface area contributed by atoms with Gasteiger partial charge in [0.05, 0.1) is 0 Å². The largest absolute Gasteiger partial charge is 0.294 e. The highest BCUT2D eigenvalue weighted by Crippen LogP contribution is 2.14. The smallest absolute Gasteiger partial charge is 0.178 e. The number of hydrogen-bond acceptors (Lipinski definition) is 1. The zero-order chi connectivity index (χ0) is 18.9. The van der Waals surface area contributed by atoms with E-state index in [1.807, 2.05) is 0 Å². The lowest BCUT2D eigenvalue weighted by Crippen LogP contribution is -1.98. The molecular formula is C24H37O2. The molecule has 0 bridgehead atoms. The summed E-state index contributed by atoms with van der Waals surface area (Å²) in [6.07, 6.45) is 21.7. The highest BCUT2D eigenvalue weighted by atomic mass is 16.3. The lowest BCUT2D eigenvalue weighted by Gasteiger charge is -2.02. The van der Waals surface area contributed by atoms with Gasteiger partial charge in [0.25, 0.3) is 0 Å². The Kier molecular flexibility index (Phi) is 13.5. The molecule has 0 atom stereocenters. The average Bonchev–Trinajstić information content (AvgIpc) is 2.65. The third-order valence-electron chi connectivity index (χ3n) is 4.84. The molecule has 145 valence electrons. The van der Waals surface area contributed by atoms with Crippen molar-refractivity contribution in [1.29, 1.82) is 0 Å². The van der Waals surface area contributed by atoms with Crippen LogP contribution in [-0.2, 0) is 5.11 Å². The van der Waals surface area contributed by atoms with Crippen LogP contribution < -0.4 is 0 Å². The molecule has 1 radical (unpaired) electrons. The van der Waals surface area contributed by atoms with Gasteiger partial charge in [-0.1, -0.05) is 70.4 Å². The first-order valence-electron chi connectivity index (χ1n) is 10.7. The first-order chi connectivity index (χ1) is 12.7. The van der Waals surface area contributed by atoms with Crippen LogP contribution in [0.2, 0.25) is 0 Å². The molecule has 0 saturated heterocycles. The molecule has 0 saturated carbocycles. The highest BCUT2D eigenvalue weighted by Gasteiger charge is 2.05. The number of benzene rings is 1. The molecule has 2 nitrogen and oxygen atoms in total. The van der Waals surface area contributed by atoms with E-state index in [1.54, 1.807) is 12.1 Å². The second-order valence-electron chi connectivity index (χ2n) is 7.28. The minimum atomic E-state index is -0.0393. The summed E-state index contributed by atoms with van der Waals surface area (Å²) >= 11 is 0. The van der Waals surface area contributed by atoms with Crippen molar-refractivity contribution in [2.75, 3.05) is 0 Å². The fourth-order valence-corrected chi connectivity index (χ4v) is 3.14. The van der Waals surface area contributed by atoms with Crippen LogP contribution in [0.15, 0.2) is 36.4 Å². The minimum Gasteiger partial charge on any atom is -0.294 e. The number of ketones is 1. The van der Waals surface area contributed by atoms with E-state index >= 15 is 0 Å². The summed E-state index contributed by atoms with van der Waals surface area (Å²) in [6.45, 7) is 2.26. The maximum Gasteiger partial charge on any atom is 0.178 e. The molecule has 1 rings (SSSR count).